The van der Waals surface area contributed by atoms with Gasteiger partial charge < -0.3 is 15.1 Å². The highest BCUT2D eigenvalue weighted by Crippen LogP contribution is 2.18. The average Bonchev–Trinajstić information content (AvgIpc) is 2.61. The largest absolute Gasteiger partial charge is 0.366 e. The van der Waals surface area contributed by atoms with Crippen LogP contribution in [-0.2, 0) is 6.54 Å². The van der Waals surface area contributed by atoms with Crippen molar-refractivity contribution in [3.63, 3.8) is 0 Å². The van der Waals surface area contributed by atoms with Crippen molar-refractivity contribution in [3.8, 4) is 0 Å². The SMILES string of the molecule is CCN1CCN(c2cc(NCc3ccccc3F)nc(C)n2)CC1. The minimum absolute atomic E-state index is 0.202. The van der Waals surface area contributed by atoms with E-state index in [-0.39, 0.29) is 5.82 Å². The van der Waals surface area contributed by atoms with Gasteiger partial charge in [-0.05, 0) is 19.5 Å². The Morgan fingerprint density at radius 2 is 1.88 bits per heavy atom. The summed E-state index contributed by atoms with van der Waals surface area (Å²) in [6.07, 6.45) is 0. The highest BCUT2D eigenvalue weighted by molar-refractivity contribution is 5.50. The highest BCUT2D eigenvalue weighted by Gasteiger charge is 2.17. The Labute approximate surface area is 142 Å². The van der Waals surface area contributed by atoms with E-state index in [1.807, 2.05) is 19.1 Å². The van der Waals surface area contributed by atoms with Crippen LogP contribution in [0.2, 0.25) is 0 Å². The molecule has 6 heteroatoms. The molecule has 1 saturated heterocycles. The Balaban J connectivity index is 1.69. The maximum atomic E-state index is 13.7. The molecule has 0 atom stereocenters. The first-order valence-corrected chi connectivity index (χ1v) is 8.46. The maximum absolute atomic E-state index is 13.7. The first-order valence-electron chi connectivity index (χ1n) is 8.46. The standard InChI is InChI=1S/C18H24FN5/c1-3-23-8-10-24(11-9-23)18-12-17(21-14(2)22-18)20-13-15-6-4-5-7-16(15)19/h4-7,12H,3,8-11,13H2,1-2H3,(H,20,21,22). The normalized spacial score (nSPS) is 15.5. The molecule has 1 aromatic heterocycles. The van der Waals surface area contributed by atoms with Gasteiger partial charge in [0.15, 0.2) is 0 Å². The molecule has 0 radical (unpaired) electrons. The molecule has 0 aliphatic carbocycles. The zero-order valence-corrected chi connectivity index (χ0v) is 14.3. The van der Waals surface area contributed by atoms with Crippen molar-refractivity contribution in [3.05, 3.63) is 47.5 Å². The van der Waals surface area contributed by atoms with E-state index in [0.29, 0.717) is 12.1 Å². The molecule has 5 nitrogen and oxygen atoms in total. The van der Waals surface area contributed by atoms with Gasteiger partial charge in [0.1, 0.15) is 23.3 Å². The summed E-state index contributed by atoms with van der Waals surface area (Å²) >= 11 is 0. The Kier molecular flexibility index (Phi) is 5.25. The summed E-state index contributed by atoms with van der Waals surface area (Å²) in [6, 6.07) is 8.74. The predicted octanol–water partition coefficient (Wildman–Crippen LogP) is 2.68. The van der Waals surface area contributed by atoms with Crippen LogP contribution in [-0.4, -0.2) is 47.6 Å². The summed E-state index contributed by atoms with van der Waals surface area (Å²) in [4.78, 5) is 13.7. The molecule has 2 heterocycles. The molecule has 0 spiro atoms. The zero-order valence-electron chi connectivity index (χ0n) is 14.3. The second kappa shape index (κ2) is 7.57. The minimum Gasteiger partial charge on any atom is -0.366 e. The van der Waals surface area contributed by atoms with Gasteiger partial charge in [0.2, 0.25) is 0 Å². The molecule has 0 saturated carbocycles. The lowest BCUT2D eigenvalue weighted by Crippen LogP contribution is -2.46. The number of hydrogen-bond donors (Lipinski definition) is 1. The van der Waals surface area contributed by atoms with Crippen LogP contribution < -0.4 is 10.2 Å². The van der Waals surface area contributed by atoms with Crippen molar-refractivity contribution < 1.29 is 4.39 Å². The molecule has 1 fully saturated rings. The van der Waals surface area contributed by atoms with Crippen LogP contribution in [0, 0.1) is 12.7 Å². The summed E-state index contributed by atoms with van der Waals surface area (Å²) in [5.74, 6) is 2.20. The van der Waals surface area contributed by atoms with Gasteiger partial charge >= 0.3 is 0 Å². The van der Waals surface area contributed by atoms with E-state index in [9.17, 15) is 4.39 Å². The van der Waals surface area contributed by atoms with Gasteiger partial charge in [-0.3, -0.25) is 0 Å². The van der Waals surface area contributed by atoms with E-state index >= 15 is 0 Å². The highest BCUT2D eigenvalue weighted by atomic mass is 19.1. The number of halogens is 1. The number of nitrogens with one attached hydrogen (secondary N) is 1. The lowest BCUT2D eigenvalue weighted by Gasteiger charge is -2.34. The van der Waals surface area contributed by atoms with Crippen LogP contribution >= 0.6 is 0 Å². The lowest BCUT2D eigenvalue weighted by atomic mass is 10.2. The smallest absolute Gasteiger partial charge is 0.134 e. The lowest BCUT2D eigenvalue weighted by molar-refractivity contribution is 0.270. The first kappa shape index (κ1) is 16.6. The van der Waals surface area contributed by atoms with Crippen LogP contribution in [0.4, 0.5) is 16.0 Å². The molecule has 0 bridgehead atoms. The summed E-state index contributed by atoms with van der Waals surface area (Å²) in [6.45, 7) is 9.62. The van der Waals surface area contributed by atoms with Crippen molar-refractivity contribution in [2.45, 2.75) is 20.4 Å². The number of aryl methyl sites for hydroxylation is 1. The van der Waals surface area contributed by atoms with Crippen LogP contribution in [0.25, 0.3) is 0 Å². The molecule has 128 valence electrons. The van der Waals surface area contributed by atoms with E-state index in [0.717, 1.165) is 50.2 Å². The van der Waals surface area contributed by atoms with E-state index in [1.165, 1.54) is 6.07 Å². The van der Waals surface area contributed by atoms with Gasteiger partial charge in [0, 0.05) is 44.4 Å². The molecule has 1 aliphatic heterocycles. The van der Waals surface area contributed by atoms with E-state index in [1.54, 1.807) is 12.1 Å². The fourth-order valence-corrected chi connectivity index (χ4v) is 2.93. The van der Waals surface area contributed by atoms with Crippen molar-refractivity contribution >= 4 is 11.6 Å². The third-order valence-electron chi connectivity index (χ3n) is 4.39. The fourth-order valence-electron chi connectivity index (χ4n) is 2.93. The third-order valence-corrected chi connectivity index (χ3v) is 4.39. The second-order valence-corrected chi connectivity index (χ2v) is 6.02. The molecule has 1 N–H and O–H groups in total. The van der Waals surface area contributed by atoms with E-state index < -0.39 is 0 Å². The van der Waals surface area contributed by atoms with Crippen molar-refractivity contribution in [2.75, 3.05) is 42.9 Å². The van der Waals surface area contributed by atoms with Crippen LogP contribution in [0.3, 0.4) is 0 Å². The van der Waals surface area contributed by atoms with Crippen LogP contribution in [0.15, 0.2) is 30.3 Å². The van der Waals surface area contributed by atoms with E-state index in [2.05, 4.69) is 32.0 Å². The van der Waals surface area contributed by atoms with E-state index in [4.69, 9.17) is 0 Å². The number of benzene rings is 1. The summed E-state index contributed by atoms with van der Waals surface area (Å²) in [5.41, 5.74) is 0.631. The predicted molar refractivity (Wildman–Crippen MR) is 94.8 cm³/mol. The van der Waals surface area contributed by atoms with Gasteiger partial charge in [0.05, 0.1) is 0 Å². The van der Waals surface area contributed by atoms with Gasteiger partial charge in [0.25, 0.3) is 0 Å². The molecular formula is C18H24FN5. The quantitative estimate of drug-likeness (QED) is 0.914. The minimum atomic E-state index is -0.202. The molecular weight excluding hydrogens is 305 g/mol. The summed E-state index contributed by atoms with van der Waals surface area (Å²) in [5, 5.41) is 3.21. The number of nitrogens with zero attached hydrogens (tertiary/aromatic N) is 4. The summed E-state index contributed by atoms with van der Waals surface area (Å²) < 4.78 is 13.7. The number of rotatable bonds is 5. The van der Waals surface area contributed by atoms with Crippen LogP contribution in [0.5, 0.6) is 0 Å². The molecule has 0 unspecified atom stereocenters. The number of hydrogen-bond acceptors (Lipinski definition) is 5. The Hall–Kier alpha value is -2.21. The molecule has 1 aromatic carbocycles. The van der Waals surface area contributed by atoms with Gasteiger partial charge in [-0.25, -0.2) is 14.4 Å². The monoisotopic (exact) mass is 329 g/mol. The number of likely N-dealkylation sites (N-methyl/N-ethyl adjacent to an activating group) is 1. The third kappa shape index (κ3) is 4.00. The van der Waals surface area contributed by atoms with Gasteiger partial charge in [-0.1, -0.05) is 25.1 Å². The molecule has 1 aliphatic rings. The Morgan fingerprint density at radius 1 is 1.12 bits per heavy atom. The summed E-state index contributed by atoms with van der Waals surface area (Å²) in [7, 11) is 0. The zero-order chi connectivity index (χ0) is 16.9. The van der Waals surface area contributed by atoms with Crippen LogP contribution in [0.1, 0.15) is 18.3 Å². The Bertz CT molecular complexity index is 683. The van der Waals surface area contributed by atoms with Crippen molar-refractivity contribution in [1.29, 1.82) is 0 Å². The second-order valence-electron chi connectivity index (χ2n) is 6.02. The first-order chi connectivity index (χ1) is 11.7. The number of piperazine rings is 1. The number of aromatic nitrogens is 2. The van der Waals surface area contributed by atoms with Gasteiger partial charge in [-0.15, -0.1) is 0 Å². The Morgan fingerprint density at radius 3 is 2.58 bits per heavy atom. The molecule has 2 aromatic rings. The number of anilines is 2. The average molecular weight is 329 g/mol. The van der Waals surface area contributed by atoms with Gasteiger partial charge in [-0.2, -0.15) is 0 Å². The van der Waals surface area contributed by atoms with Crippen molar-refractivity contribution in [2.24, 2.45) is 0 Å². The maximum Gasteiger partial charge on any atom is 0.134 e. The topological polar surface area (TPSA) is 44.3 Å². The van der Waals surface area contributed by atoms with Crippen molar-refractivity contribution in [1.82, 2.24) is 14.9 Å². The molecule has 3 rings (SSSR count). The molecule has 24 heavy (non-hydrogen) atoms. The fraction of sp³-hybridized carbons (Fsp3) is 0.444. The molecule has 0 amide bonds.